The summed E-state index contributed by atoms with van der Waals surface area (Å²) in [4.78, 5) is 22.5. The average molecular weight is 259 g/mol. The van der Waals surface area contributed by atoms with Crippen molar-refractivity contribution >= 4 is 11.8 Å². The van der Waals surface area contributed by atoms with Crippen molar-refractivity contribution in [2.24, 2.45) is 0 Å². The zero-order chi connectivity index (χ0) is 13.9. The van der Waals surface area contributed by atoms with Gasteiger partial charge in [-0.25, -0.2) is 0 Å². The van der Waals surface area contributed by atoms with E-state index in [1.165, 1.54) is 0 Å². The van der Waals surface area contributed by atoms with Crippen LogP contribution in [0.15, 0.2) is 30.3 Å². The summed E-state index contributed by atoms with van der Waals surface area (Å²) in [6, 6.07) is 11.5. The lowest BCUT2D eigenvalue weighted by atomic mass is 10.1. The Morgan fingerprint density at radius 2 is 1.68 bits per heavy atom. The topological polar surface area (TPSA) is 82.0 Å². The first-order chi connectivity index (χ1) is 9.22. The fourth-order valence-corrected chi connectivity index (χ4v) is 1.53. The number of carbonyl (C=O) groups excluding carboxylic acids is 2. The van der Waals surface area contributed by atoms with E-state index in [-0.39, 0.29) is 18.2 Å². The molecule has 0 aliphatic heterocycles. The normalized spacial score (nSPS) is 9.42. The molecule has 0 heterocycles. The Bertz CT molecular complexity index is 452. The van der Waals surface area contributed by atoms with Gasteiger partial charge in [-0.1, -0.05) is 30.3 Å². The van der Waals surface area contributed by atoms with E-state index in [2.05, 4.69) is 10.6 Å². The van der Waals surface area contributed by atoms with Crippen LogP contribution in [0, 0.1) is 11.3 Å². The third kappa shape index (κ3) is 6.84. The Balaban J connectivity index is 2.09. The molecule has 19 heavy (non-hydrogen) atoms. The second kappa shape index (κ2) is 8.70. The summed E-state index contributed by atoms with van der Waals surface area (Å²) in [5.74, 6) is -0.362. The van der Waals surface area contributed by atoms with E-state index in [9.17, 15) is 9.59 Å². The van der Waals surface area contributed by atoms with E-state index < -0.39 is 0 Å². The molecule has 0 aliphatic carbocycles. The number of amides is 2. The maximum absolute atomic E-state index is 11.5. The second-order valence-electron chi connectivity index (χ2n) is 4.02. The van der Waals surface area contributed by atoms with Gasteiger partial charge in [0.05, 0.1) is 6.07 Å². The molecule has 0 radical (unpaired) electrons. The number of aryl methyl sites for hydroxylation is 1. The molecule has 0 aromatic heterocycles. The lowest BCUT2D eigenvalue weighted by molar-refractivity contribution is -0.122. The predicted octanol–water partition coefficient (Wildman–Crippen LogP) is 0.765. The molecule has 0 aliphatic rings. The summed E-state index contributed by atoms with van der Waals surface area (Å²) in [5.41, 5.74) is 1.12. The van der Waals surface area contributed by atoms with Crippen LogP contribution in [0.4, 0.5) is 0 Å². The molecule has 1 aromatic rings. The van der Waals surface area contributed by atoms with E-state index in [0.717, 1.165) is 5.56 Å². The van der Waals surface area contributed by atoms with Gasteiger partial charge >= 0.3 is 0 Å². The highest BCUT2D eigenvalue weighted by Gasteiger charge is 2.02. The zero-order valence-electron chi connectivity index (χ0n) is 10.7. The molecular formula is C14H17N3O2. The summed E-state index contributed by atoms with van der Waals surface area (Å²) in [5, 5.41) is 13.5. The Morgan fingerprint density at radius 3 is 2.32 bits per heavy atom. The van der Waals surface area contributed by atoms with Crippen LogP contribution in [0.1, 0.15) is 18.4 Å². The van der Waals surface area contributed by atoms with Gasteiger partial charge in [0, 0.05) is 19.5 Å². The minimum atomic E-state index is -0.318. The van der Waals surface area contributed by atoms with E-state index in [4.69, 9.17) is 5.26 Å². The van der Waals surface area contributed by atoms with Crippen molar-refractivity contribution < 1.29 is 9.59 Å². The van der Waals surface area contributed by atoms with E-state index >= 15 is 0 Å². The smallest absolute Gasteiger partial charge is 0.234 e. The summed E-state index contributed by atoms with van der Waals surface area (Å²) in [7, 11) is 0. The number of benzene rings is 1. The maximum atomic E-state index is 11.5. The highest BCUT2D eigenvalue weighted by atomic mass is 16.2. The van der Waals surface area contributed by atoms with Crippen molar-refractivity contribution in [2.45, 2.75) is 19.3 Å². The Morgan fingerprint density at radius 1 is 1.05 bits per heavy atom. The van der Waals surface area contributed by atoms with Crippen molar-refractivity contribution in [3.8, 4) is 6.07 Å². The number of nitrogens with one attached hydrogen (secondary N) is 2. The molecule has 5 heteroatoms. The van der Waals surface area contributed by atoms with Crippen LogP contribution in [-0.2, 0) is 16.0 Å². The monoisotopic (exact) mass is 259 g/mol. The molecule has 0 saturated heterocycles. The Labute approximate surface area is 112 Å². The predicted molar refractivity (Wildman–Crippen MR) is 71.0 cm³/mol. The lowest BCUT2D eigenvalue weighted by Gasteiger charge is -2.06. The molecule has 2 N–H and O–H groups in total. The highest BCUT2D eigenvalue weighted by molar-refractivity contribution is 5.78. The van der Waals surface area contributed by atoms with Crippen LogP contribution in [0.3, 0.4) is 0 Å². The van der Waals surface area contributed by atoms with E-state index in [1.54, 1.807) is 6.07 Å². The van der Waals surface area contributed by atoms with Crippen LogP contribution >= 0.6 is 0 Å². The fraction of sp³-hybridized carbons (Fsp3) is 0.357. The van der Waals surface area contributed by atoms with Crippen LogP contribution in [0.5, 0.6) is 0 Å². The standard InChI is InChI=1S/C14H17N3O2/c15-9-8-14(19)17-11-10-16-13(18)7-6-12-4-2-1-3-5-12/h1-5H,6-8,10-11H2,(H,16,18)(H,17,19). The summed E-state index contributed by atoms with van der Waals surface area (Å²) in [6.45, 7) is 0.725. The van der Waals surface area contributed by atoms with Gasteiger partial charge < -0.3 is 10.6 Å². The number of hydrogen-bond acceptors (Lipinski definition) is 3. The van der Waals surface area contributed by atoms with Gasteiger partial charge in [-0.3, -0.25) is 9.59 Å². The summed E-state index contributed by atoms with van der Waals surface area (Å²) < 4.78 is 0. The Hall–Kier alpha value is -2.35. The molecule has 0 saturated carbocycles. The number of rotatable bonds is 7. The first-order valence-corrected chi connectivity index (χ1v) is 6.16. The number of carbonyl (C=O) groups is 2. The fourth-order valence-electron chi connectivity index (χ4n) is 1.53. The van der Waals surface area contributed by atoms with Crippen LogP contribution in [0.2, 0.25) is 0 Å². The van der Waals surface area contributed by atoms with Crippen molar-refractivity contribution in [2.75, 3.05) is 13.1 Å². The largest absolute Gasteiger partial charge is 0.354 e. The summed E-state index contributed by atoms with van der Waals surface area (Å²) in [6.07, 6.45) is 0.978. The Kier molecular flexibility index (Phi) is 6.73. The molecule has 1 rings (SSSR count). The average Bonchev–Trinajstić information content (AvgIpc) is 2.43. The maximum Gasteiger partial charge on any atom is 0.234 e. The van der Waals surface area contributed by atoms with Gasteiger partial charge in [-0.2, -0.15) is 5.26 Å². The molecular weight excluding hydrogens is 242 g/mol. The highest BCUT2D eigenvalue weighted by Crippen LogP contribution is 2.01. The molecule has 0 spiro atoms. The van der Waals surface area contributed by atoms with Crippen molar-refractivity contribution in [3.05, 3.63) is 35.9 Å². The minimum absolute atomic E-state index is 0.0432. The van der Waals surface area contributed by atoms with Crippen molar-refractivity contribution in [3.63, 3.8) is 0 Å². The second-order valence-corrected chi connectivity index (χ2v) is 4.02. The van der Waals surface area contributed by atoms with E-state index in [1.807, 2.05) is 30.3 Å². The molecule has 1 aromatic carbocycles. The molecule has 100 valence electrons. The van der Waals surface area contributed by atoms with Gasteiger partial charge in [0.1, 0.15) is 6.42 Å². The number of nitrogens with zero attached hydrogens (tertiary/aromatic N) is 1. The van der Waals surface area contributed by atoms with Crippen LogP contribution in [0.25, 0.3) is 0 Å². The first-order valence-electron chi connectivity index (χ1n) is 6.16. The SMILES string of the molecule is N#CCC(=O)NCCNC(=O)CCc1ccccc1. The molecule has 0 unspecified atom stereocenters. The summed E-state index contributed by atoms with van der Waals surface area (Å²) >= 11 is 0. The molecule has 5 nitrogen and oxygen atoms in total. The zero-order valence-corrected chi connectivity index (χ0v) is 10.7. The van der Waals surface area contributed by atoms with Gasteiger partial charge in [0.25, 0.3) is 0 Å². The van der Waals surface area contributed by atoms with Gasteiger partial charge in [-0.15, -0.1) is 0 Å². The third-order valence-corrected chi connectivity index (χ3v) is 2.49. The quantitative estimate of drug-likeness (QED) is 0.709. The molecule has 2 amide bonds. The van der Waals surface area contributed by atoms with Crippen LogP contribution in [-0.4, -0.2) is 24.9 Å². The van der Waals surface area contributed by atoms with Crippen molar-refractivity contribution in [1.82, 2.24) is 10.6 Å². The minimum Gasteiger partial charge on any atom is -0.354 e. The first kappa shape index (κ1) is 14.7. The van der Waals surface area contributed by atoms with Gasteiger partial charge in [-0.05, 0) is 12.0 Å². The van der Waals surface area contributed by atoms with Gasteiger partial charge in [0.2, 0.25) is 11.8 Å². The molecule has 0 fully saturated rings. The lowest BCUT2D eigenvalue weighted by Crippen LogP contribution is -2.34. The number of hydrogen-bond donors (Lipinski definition) is 2. The molecule has 0 bridgehead atoms. The number of nitriles is 1. The van der Waals surface area contributed by atoms with Gasteiger partial charge in [0.15, 0.2) is 0 Å². The van der Waals surface area contributed by atoms with Crippen molar-refractivity contribution in [1.29, 1.82) is 5.26 Å². The molecule has 0 atom stereocenters. The van der Waals surface area contributed by atoms with E-state index in [0.29, 0.717) is 25.9 Å². The third-order valence-electron chi connectivity index (χ3n) is 2.49. The van der Waals surface area contributed by atoms with Crippen LogP contribution < -0.4 is 10.6 Å².